The minimum absolute atomic E-state index is 0.204. The molecule has 0 unspecified atom stereocenters. The molecule has 0 bridgehead atoms. The molecule has 0 atom stereocenters. The summed E-state index contributed by atoms with van der Waals surface area (Å²) in [5.41, 5.74) is 0.905. The summed E-state index contributed by atoms with van der Waals surface area (Å²) < 4.78 is 0. The quantitative estimate of drug-likeness (QED) is 0.848. The van der Waals surface area contributed by atoms with Crippen LogP contribution in [0.4, 0.5) is 4.79 Å². The van der Waals surface area contributed by atoms with E-state index in [1.54, 1.807) is 12.1 Å². The summed E-state index contributed by atoms with van der Waals surface area (Å²) in [5.74, 6) is -0.817. The average molecular weight is 299 g/mol. The number of aliphatic carboxylic acids is 1. The number of urea groups is 1. The fourth-order valence-electron chi connectivity index (χ4n) is 1.72. The molecule has 0 aromatic heterocycles. The second-order valence-electron chi connectivity index (χ2n) is 4.95. The van der Waals surface area contributed by atoms with Gasteiger partial charge in [-0.1, -0.05) is 37.6 Å². The zero-order valence-electron chi connectivity index (χ0n) is 11.6. The SMILES string of the molecule is CC(C)CN(CC(=O)O)C(=O)NCc1ccc(Cl)cc1. The van der Waals surface area contributed by atoms with Gasteiger partial charge in [-0.15, -0.1) is 0 Å². The third-order valence-electron chi connectivity index (χ3n) is 2.56. The highest BCUT2D eigenvalue weighted by Gasteiger charge is 2.17. The van der Waals surface area contributed by atoms with E-state index in [2.05, 4.69) is 5.32 Å². The zero-order chi connectivity index (χ0) is 15.1. The number of carboxylic acid groups (broad SMARTS) is 1. The molecule has 0 aliphatic rings. The highest BCUT2D eigenvalue weighted by Crippen LogP contribution is 2.09. The van der Waals surface area contributed by atoms with Gasteiger partial charge in [0.2, 0.25) is 0 Å². The second-order valence-corrected chi connectivity index (χ2v) is 5.39. The van der Waals surface area contributed by atoms with Gasteiger partial charge < -0.3 is 15.3 Å². The maximum Gasteiger partial charge on any atom is 0.323 e. The minimum atomic E-state index is -1.02. The van der Waals surface area contributed by atoms with Crippen LogP contribution in [0.15, 0.2) is 24.3 Å². The number of rotatable bonds is 6. The molecular weight excluding hydrogens is 280 g/mol. The molecule has 1 aromatic rings. The molecule has 1 rings (SSSR count). The minimum Gasteiger partial charge on any atom is -0.480 e. The smallest absolute Gasteiger partial charge is 0.323 e. The largest absolute Gasteiger partial charge is 0.480 e. The molecular formula is C14H19ClN2O3. The number of amides is 2. The average Bonchev–Trinajstić information content (AvgIpc) is 2.36. The maximum atomic E-state index is 12.0. The maximum absolute atomic E-state index is 12.0. The van der Waals surface area contributed by atoms with E-state index in [0.29, 0.717) is 18.1 Å². The predicted molar refractivity (Wildman–Crippen MR) is 77.7 cm³/mol. The molecule has 0 heterocycles. The van der Waals surface area contributed by atoms with Crippen molar-refractivity contribution >= 4 is 23.6 Å². The number of benzene rings is 1. The fraction of sp³-hybridized carbons (Fsp3) is 0.429. The lowest BCUT2D eigenvalue weighted by molar-refractivity contribution is -0.137. The van der Waals surface area contributed by atoms with Gasteiger partial charge in [-0.2, -0.15) is 0 Å². The lowest BCUT2D eigenvalue weighted by Crippen LogP contribution is -2.44. The van der Waals surface area contributed by atoms with Crippen molar-refractivity contribution in [3.63, 3.8) is 0 Å². The number of carbonyl (C=O) groups is 2. The summed E-state index contributed by atoms with van der Waals surface area (Å²) in [7, 11) is 0. The summed E-state index contributed by atoms with van der Waals surface area (Å²) in [4.78, 5) is 24.0. The van der Waals surface area contributed by atoms with Crippen LogP contribution in [-0.2, 0) is 11.3 Å². The number of carboxylic acids is 1. The van der Waals surface area contributed by atoms with Crippen LogP contribution in [0.2, 0.25) is 5.02 Å². The Kier molecular flexibility index (Phi) is 6.31. The number of carbonyl (C=O) groups excluding carboxylic acids is 1. The molecule has 6 heteroatoms. The zero-order valence-corrected chi connectivity index (χ0v) is 12.4. The molecule has 5 nitrogen and oxygen atoms in total. The van der Waals surface area contributed by atoms with E-state index >= 15 is 0 Å². The number of nitrogens with one attached hydrogen (secondary N) is 1. The van der Waals surface area contributed by atoms with E-state index in [-0.39, 0.29) is 18.5 Å². The summed E-state index contributed by atoms with van der Waals surface area (Å²) in [5, 5.41) is 12.2. The molecule has 0 radical (unpaired) electrons. The van der Waals surface area contributed by atoms with Crippen molar-refractivity contribution in [2.24, 2.45) is 5.92 Å². The highest BCUT2D eigenvalue weighted by molar-refractivity contribution is 6.30. The molecule has 20 heavy (non-hydrogen) atoms. The van der Waals surface area contributed by atoms with Crippen LogP contribution in [0.5, 0.6) is 0 Å². The van der Waals surface area contributed by atoms with Crippen molar-refractivity contribution in [3.8, 4) is 0 Å². The first kappa shape index (κ1) is 16.3. The van der Waals surface area contributed by atoms with E-state index < -0.39 is 5.97 Å². The van der Waals surface area contributed by atoms with Crippen molar-refractivity contribution in [2.45, 2.75) is 20.4 Å². The summed E-state index contributed by atoms with van der Waals surface area (Å²) >= 11 is 5.78. The van der Waals surface area contributed by atoms with E-state index in [0.717, 1.165) is 5.56 Å². The fourth-order valence-corrected chi connectivity index (χ4v) is 1.84. The van der Waals surface area contributed by atoms with Gasteiger partial charge in [0.15, 0.2) is 0 Å². The van der Waals surface area contributed by atoms with Crippen molar-refractivity contribution in [2.75, 3.05) is 13.1 Å². The summed E-state index contributed by atoms with van der Waals surface area (Å²) in [6.07, 6.45) is 0. The van der Waals surface area contributed by atoms with E-state index in [4.69, 9.17) is 16.7 Å². The summed E-state index contributed by atoms with van der Waals surface area (Å²) in [6, 6.07) is 6.73. The Labute approximate surface area is 123 Å². The Morgan fingerprint density at radius 2 is 1.90 bits per heavy atom. The third kappa shape index (κ3) is 5.93. The Bertz CT molecular complexity index is 460. The molecule has 0 aliphatic heterocycles. The monoisotopic (exact) mass is 298 g/mol. The van der Waals surface area contributed by atoms with Gasteiger partial charge in [0.25, 0.3) is 0 Å². The molecule has 110 valence electrons. The van der Waals surface area contributed by atoms with E-state index in [1.165, 1.54) is 4.90 Å². The highest BCUT2D eigenvalue weighted by atomic mass is 35.5. The van der Waals surface area contributed by atoms with E-state index in [1.807, 2.05) is 26.0 Å². The number of hydrogen-bond donors (Lipinski definition) is 2. The Hall–Kier alpha value is -1.75. The second kappa shape index (κ2) is 7.75. The van der Waals surface area contributed by atoms with Gasteiger partial charge in [0.1, 0.15) is 6.54 Å². The van der Waals surface area contributed by atoms with E-state index in [9.17, 15) is 9.59 Å². The van der Waals surface area contributed by atoms with Crippen molar-refractivity contribution in [3.05, 3.63) is 34.9 Å². The van der Waals surface area contributed by atoms with Crippen LogP contribution in [-0.4, -0.2) is 35.1 Å². The molecule has 1 aromatic carbocycles. The first-order valence-corrected chi connectivity index (χ1v) is 6.75. The molecule has 0 fully saturated rings. The standard InChI is InChI=1S/C14H19ClN2O3/c1-10(2)8-17(9-13(18)19)14(20)16-7-11-3-5-12(15)6-4-11/h3-6,10H,7-9H2,1-2H3,(H,16,20)(H,18,19). The van der Waals surface area contributed by atoms with Crippen molar-refractivity contribution < 1.29 is 14.7 Å². The lowest BCUT2D eigenvalue weighted by Gasteiger charge is -2.23. The van der Waals surface area contributed by atoms with Gasteiger partial charge >= 0.3 is 12.0 Å². The van der Waals surface area contributed by atoms with Crippen molar-refractivity contribution in [1.29, 1.82) is 0 Å². The molecule has 2 N–H and O–H groups in total. The predicted octanol–water partition coefficient (Wildman–Crippen LogP) is 2.59. The first-order chi connectivity index (χ1) is 9.38. The van der Waals surface area contributed by atoms with Crippen molar-refractivity contribution in [1.82, 2.24) is 10.2 Å². The molecule has 0 spiro atoms. The summed E-state index contributed by atoms with van der Waals surface area (Å²) in [6.45, 7) is 4.30. The van der Waals surface area contributed by atoms with Gasteiger partial charge in [-0.25, -0.2) is 4.79 Å². The molecule has 0 saturated heterocycles. The van der Waals surface area contributed by atoms with Gasteiger partial charge in [0.05, 0.1) is 0 Å². The van der Waals surface area contributed by atoms with Crippen LogP contribution in [0.1, 0.15) is 19.4 Å². The van der Waals surface area contributed by atoms with Crippen LogP contribution in [0.3, 0.4) is 0 Å². The molecule has 0 saturated carbocycles. The van der Waals surface area contributed by atoms with Crippen LogP contribution in [0.25, 0.3) is 0 Å². The third-order valence-corrected chi connectivity index (χ3v) is 2.81. The lowest BCUT2D eigenvalue weighted by atomic mass is 10.2. The first-order valence-electron chi connectivity index (χ1n) is 6.37. The van der Waals surface area contributed by atoms with Crippen LogP contribution >= 0.6 is 11.6 Å². The van der Waals surface area contributed by atoms with Crippen LogP contribution < -0.4 is 5.32 Å². The Morgan fingerprint density at radius 3 is 2.40 bits per heavy atom. The van der Waals surface area contributed by atoms with Gasteiger partial charge in [-0.3, -0.25) is 4.79 Å². The normalized spacial score (nSPS) is 10.4. The van der Waals surface area contributed by atoms with Gasteiger partial charge in [0, 0.05) is 18.1 Å². The number of halogens is 1. The Balaban J connectivity index is 2.56. The Morgan fingerprint density at radius 1 is 1.30 bits per heavy atom. The topological polar surface area (TPSA) is 69.6 Å². The molecule has 0 aliphatic carbocycles. The number of nitrogens with zero attached hydrogens (tertiary/aromatic N) is 1. The van der Waals surface area contributed by atoms with Crippen LogP contribution in [0, 0.1) is 5.92 Å². The number of hydrogen-bond acceptors (Lipinski definition) is 2. The van der Waals surface area contributed by atoms with Gasteiger partial charge in [-0.05, 0) is 23.6 Å². The molecule has 2 amide bonds.